The van der Waals surface area contributed by atoms with Crippen LogP contribution in [0.3, 0.4) is 0 Å². The smallest absolute Gasteiger partial charge is 0.189 e. The standard InChI is InChI=1S/C13H21BrN3O2Si/c1-4-5-6-12-16-11(14)9-17(12)10-19-7-8-20(2,3)13(15)18/h4,6,9H,1,5,7-8,10H2,2-3H3,(H2,15,18). The molecule has 0 saturated carbocycles. The van der Waals surface area contributed by atoms with Crippen LogP contribution in [0.1, 0.15) is 12.2 Å². The summed E-state index contributed by atoms with van der Waals surface area (Å²) in [6.45, 7) is 8.52. The minimum absolute atomic E-state index is 0.175. The van der Waals surface area contributed by atoms with E-state index in [1.165, 1.54) is 0 Å². The fraction of sp³-hybridized carbons (Fsp3) is 0.462. The van der Waals surface area contributed by atoms with E-state index in [4.69, 9.17) is 10.5 Å². The van der Waals surface area contributed by atoms with Crippen molar-refractivity contribution in [3.05, 3.63) is 35.7 Å². The lowest BCUT2D eigenvalue weighted by molar-refractivity contribution is 0.0860. The molecule has 0 aromatic carbocycles. The highest BCUT2D eigenvalue weighted by atomic mass is 79.9. The molecule has 5 nitrogen and oxygen atoms in total. The number of carbonyl (C=O) groups excluding carboxylic acids is 1. The number of nitrogens with two attached hydrogens (primary N) is 1. The number of allylic oxidation sites excluding steroid dienone is 1. The third kappa shape index (κ3) is 5.22. The number of aromatic nitrogens is 2. The number of hydrogen-bond acceptors (Lipinski definition) is 3. The molecule has 1 heterocycles. The summed E-state index contributed by atoms with van der Waals surface area (Å²) in [4.78, 5) is 15.6. The second kappa shape index (κ2) is 7.75. The van der Waals surface area contributed by atoms with Crippen LogP contribution in [0.5, 0.6) is 0 Å². The van der Waals surface area contributed by atoms with Crippen molar-refractivity contribution < 1.29 is 9.53 Å². The number of halogens is 1. The van der Waals surface area contributed by atoms with Crippen LogP contribution < -0.4 is 5.73 Å². The molecule has 1 amide bonds. The molecule has 2 N–H and O–H groups in total. The van der Waals surface area contributed by atoms with E-state index in [0.29, 0.717) is 13.3 Å². The molecule has 0 unspecified atom stereocenters. The second-order valence-corrected chi connectivity index (χ2v) is 10.7. The summed E-state index contributed by atoms with van der Waals surface area (Å²) >= 11 is 3.35. The van der Waals surface area contributed by atoms with Crippen LogP contribution in [-0.2, 0) is 11.5 Å². The molecule has 111 valence electrons. The first kappa shape index (κ1) is 17.1. The second-order valence-electron chi connectivity index (χ2n) is 5.16. The van der Waals surface area contributed by atoms with Gasteiger partial charge in [-0.05, 0) is 28.4 Å². The van der Waals surface area contributed by atoms with Crippen LogP contribution in [0, 0.1) is 6.42 Å². The highest BCUT2D eigenvalue weighted by Crippen LogP contribution is 2.14. The number of imidazole rings is 1. The van der Waals surface area contributed by atoms with Gasteiger partial charge < -0.3 is 15.0 Å². The van der Waals surface area contributed by atoms with Gasteiger partial charge in [0.15, 0.2) is 13.6 Å². The van der Waals surface area contributed by atoms with Gasteiger partial charge in [-0.1, -0.05) is 19.2 Å². The van der Waals surface area contributed by atoms with Gasteiger partial charge in [0.05, 0.1) is 0 Å². The van der Waals surface area contributed by atoms with Crippen LogP contribution in [-0.4, -0.2) is 29.8 Å². The van der Waals surface area contributed by atoms with Gasteiger partial charge in [-0.15, -0.1) is 6.58 Å². The summed E-state index contributed by atoms with van der Waals surface area (Å²) in [6, 6.07) is 0.726. The molecule has 0 saturated heterocycles. The molecule has 1 aromatic rings. The summed E-state index contributed by atoms with van der Waals surface area (Å²) in [6.07, 6.45) is 6.41. The Morgan fingerprint density at radius 1 is 1.65 bits per heavy atom. The molecule has 0 fully saturated rings. The summed E-state index contributed by atoms with van der Waals surface area (Å²) in [5.74, 6) is 0.836. The number of rotatable bonds is 9. The van der Waals surface area contributed by atoms with Crippen LogP contribution >= 0.6 is 15.9 Å². The van der Waals surface area contributed by atoms with E-state index in [1.54, 1.807) is 0 Å². The van der Waals surface area contributed by atoms with E-state index >= 15 is 0 Å². The summed E-state index contributed by atoms with van der Waals surface area (Å²) < 4.78 is 8.30. The maximum Gasteiger partial charge on any atom is 0.189 e. The third-order valence-corrected chi connectivity index (χ3v) is 6.18. The Hall–Kier alpha value is -0.923. The first-order valence-electron chi connectivity index (χ1n) is 6.41. The molecule has 0 atom stereocenters. The van der Waals surface area contributed by atoms with E-state index in [1.807, 2.05) is 36.4 Å². The molecule has 0 bridgehead atoms. The summed E-state index contributed by atoms with van der Waals surface area (Å²) in [5.41, 5.74) is 5.20. The van der Waals surface area contributed by atoms with E-state index < -0.39 is 8.07 Å². The van der Waals surface area contributed by atoms with Gasteiger partial charge in [0.25, 0.3) is 0 Å². The van der Waals surface area contributed by atoms with Gasteiger partial charge in [-0.3, -0.25) is 4.79 Å². The van der Waals surface area contributed by atoms with Crippen molar-refractivity contribution in [2.45, 2.75) is 32.3 Å². The minimum Gasteiger partial charge on any atom is -0.374 e. The Labute approximate surface area is 129 Å². The number of primary amides is 1. The Morgan fingerprint density at radius 2 is 2.35 bits per heavy atom. The highest BCUT2D eigenvalue weighted by Gasteiger charge is 2.27. The van der Waals surface area contributed by atoms with Crippen LogP contribution in [0.2, 0.25) is 19.1 Å². The van der Waals surface area contributed by atoms with Crippen LogP contribution in [0.15, 0.2) is 23.5 Å². The van der Waals surface area contributed by atoms with Crippen molar-refractivity contribution in [3.8, 4) is 0 Å². The molecule has 7 heteroatoms. The van der Waals surface area contributed by atoms with Gasteiger partial charge in [-0.2, -0.15) is 0 Å². The highest BCUT2D eigenvalue weighted by molar-refractivity contribution is 9.10. The first-order chi connectivity index (χ1) is 9.36. The lowest BCUT2D eigenvalue weighted by Crippen LogP contribution is -2.42. The van der Waals surface area contributed by atoms with Gasteiger partial charge in [0.2, 0.25) is 0 Å². The fourth-order valence-electron chi connectivity index (χ4n) is 1.47. The van der Waals surface area contributed by atoms with Crippen molar-refractivity contribution in [3.63, 3.8) is 0 Å². The predicted molar refractivity (Wildman–Crippen MR) is 86.0 cm³/mol. The van der Waals surface area contributed by atoms with Gasteiger partial charge >= 0.3 is 0 Å². The Kier molecular flexibility index (Phi) is 6.64. The zero-order valence-corrected chi connectivity index (χ0v) is 14.5. The van der Waals surface area contributed by atoms with E-state index in [-0.39, 0.29) is 5.53 Å². The predicted octanol–water partition coefficient (Wildman–Crippen LogP) is 3.12. The quantitative estimate of drug-likeness (QED) is 0.418. The molecule has 0 aliphatic rings. The lowest BCUT2D eigenvalue weighted by atomic mass is 10.3. The normalized spacial score (nSPS) is 11.6. The monoisotopic (exact) mass is 358 g/mol. The number of nitrogens with zero attached hydrogens (tertiary/aromatic N) is 2. The molecule has 20 heavy (non-hydrogen) atoms. The van der Waals surface area contributed by atoms with Gasteiger partial charge in [0.1, 0.15) is 17.2 Å². The third-order valence-electron chi connectivity index (χ3n) is 3.01. The van der Waals surface area contributed by atoms with Gasteiger partial charge in [0, 0.05) is 19.2 Å². The zero-order valence-electron chi connectivity index (χ0n) is 11.9. The van der Waals surface area contributed by atoms with E-state index in [9.17, 15) is 4.79 Å². The molecule has 1 aromatic heterocycles. The van der Waals surface area contributed by atoms with E-state index in [0.717, 1.165) is 22.9 Å². The molecular weight excluding hydrogens is 338 g/mol. The van der Waals surface area contributed by atoms with Crippen molar-refractivity contribution in [2.75, 3.05) is 6.61 Å². The van der Waals surface area contributed by atoms with Crippen molar-refractivity contribution in [1.29, 1.82) is 0 Å². The number of ether oxygens (including phenoxy) is 1. The fourth-order valence-corrected chi connectivity index (χ4v) is 2.80. The van der Waals surface area contributed by atoms with Crippen molar-refractivity contribution in [1.82, 2.24) is 9.55 Å². The SMILES string of the molecule is C=CC[CH]c1nc(Br)cn1COCC[Si](C)(C)C(N)=O. The molecule has 0 spiro atoms. The number of amides is 1. The first-order valence-corrected chi connectivity index (χ1v) is 10.4. The Morgan fingerprint density at radius 3 is 2.95 bits per heavy atom. The minimum atomic E-state index is -1.99. The summed E-state index contributed by atoms with van der Waals surface area (Å²) in [7, 11) is -1.99. The van der Waals surface area contributed by atoms with Crippen LogP contribution in [0.25, 0.3) is 0 Å². The number of hydrogen-bond donors (Lipinski definition) is 1. The molecule has 0 aliphatic carbocycles. The van der Waals surface area contributed by atoms with Crippen molar-refractivity contribution in [2.24, 2.45) is 5.73 Å². The average molecular weight is 359 g/mol. The maximum absolute atomic E-state index is 11.3. The number of carbonyl (C=O) groups is 1. The zero-order chi connectivity index (χ0) is 15.2. The Balaban J connectivity index is 2.45. The molecule has 1 rings (SSSR count). The maximum atomic E-state index is 11.3. The van der Waals surface area contributed by atoms with E-state index in [2.05, 4.69) is 27.5 Å². The van der Waals surface area contributed by atoms with Crippen LogP contribution in [0.4, 0.5) is 4.79 Å². The topological polar surface area (TPSA) is 70.1 Å². The Bertz CT molecular complexity index is 474. The molecular formula is C13H21BrN3O2Si. The molecule has 0 aliphatic heterocycles. The van der Waals surface area contributed by atoms with Crippen molar-refractivity contribution >= 4 is 29.5 Å². The summed E-state index contributed by atoms with van der Waals surface area (Å²) in [5, 5.41) is 0. The average Bonchev–Trinajstić information content (AvgIpc) is 2.72. The van der Waals surface area contributed by atoms with Gasteiger partial charge in [-0.25, -0.2) is 4.98 Å². The largest absolute Gasteiger partial charge is 0.374 e. The molecule has 1 radical (unpaired) electrons. The lowest BCUT2D eigenvalue weighted by Gasteiger charge is -2.17.